The van der Waals surface area contributed by atoms with Crippen LogP contribution in [0.2, 0.25) is 0 Å². The number of benzene rings is 2. The maximum absolute atomic E-state index is 14.1. The van der Waals surface area contributed by atoms with Crippen molar-refractivity contribution < 1.29 is 14.3 Å². The molecule has 1 aliphatic rings. The minimum Gasteiger partial charge on any atom is -0.497 e. The van der Waals surface area contributed by atoms with Crippen LogP contribution in [0.1, 0.15) is 77.1 Å². The average molecular weight is 585 g/mol. The summed E-state index contributed by atoms with van der Waals surface area (Å²) in [4.78, 5) is 35.0. The highest BCUT2D eigenvalue weighted by Crippen LogP contribution is 2.37. The van der Waals surface area contributed by atoms with Crippen LogP contribution in [0.5, 0.6) is 11.5 Å². The Balaban J connectivity index is 1.92. The number of amides is 1. The first-order valence-corrected chi connectivity index (χ1v) is 14.4. The number of carbonyl (C=O) groups excluding carboxylic acids is 1. The largest absolute Gasteiger partial charge is 0.497 e. The van der Waals surface area contributed by atoms with Crippen molar-refractivity contribution in [1.82, 2.24) is 14.5 Å². The maximum atomic E-state index is 14.1. The number of hydrogen-bond acceptors (Lipinski definition) is 5. The summed E-state index contributed by atoms with van der Waals surface area (Å²) in [7, 11) is 3.16. The first kappa shape index (κ1) is 28.1. The van der Waals surface area contributed by atoms with Gasteiger partial charge in [0.15, 0.2) is 0 Å². The van der Waals surface area contributed by atoms with Gasteiger partial charge < -0.3 is 14.4 Å². The summed E-state index contributed by atoms with van der Waals surface area (Å²) in [5, 5.41) is 0.508. The van der Waals surface area contributed by atoms with E-state index in [9.17, 15) is 9.59 Å². The number of unbranched alkanes of at least 4 members (excludes halogenated alkanes) is 2. The van der Waals surface area contributed by atoms with E-state index in [0.717, 1.165) is 44.9 Å². The van der Waals surface area contributed by atoms with E-state index in [-0.39, 0.29) is 17.4 Å². The van der Waals surface area contributed by atoms with Gasteiger partial charge in [-0.05, 0) is 54.2 Å². The second-order valence-corrected chi connectivity index (χ2v) is 10.8. The monoisotopic (exact) mass is 583 g/mol. The molecule has 2 aromatic carbocycles. The van der Waals surface area contributed by atoms with Gasteiger partial charge >= 0.3 is 0 Å². The Morgan fingerprint density at radius 1 is 1.13 bits per heavy atom. The molecule has 1 aromatic heterocycles. The lowest BCUT2D eigenvalue weighted by Gasteiger charge is -2.34. The molecular weight excluding hydrogens is 546 g/mol. The quantitative estimate of drug-likeness (QED) is 0.245. The molecule has 0 spiro atoms. The smallest absolute Gasteiger partial charge is 0.266 e. The van der Waals surface area contributed by atoms with E-state index < -0.39 is 6.04 Å². The van der Waals surface area contributed by atoms with Crippen LogP contribution in [0.15, 0.2) is 45.7 Å². The number of halogens is 1. The number of nitrogens with zero attached hydrogens (tertiary/aromatic N) is 3. The third-order valence-corrected chi connectivity index (χ3v) is 8.37. The summed E-state index contributed by atoms with van der Waals surface area (Å²) in [5.41, 5.74) is 0.970. The summed E-state index contributed by atoms with van der Waals surface area (Å²) in [5.74, 6) is 1.81. The van der Waals surface area contributed by atoms with Crippen molar-refractivity contribution in [3.05, 3.63) is 57.0 Å². The SMILES string of the molecule is CCCCCN(C(=O)C1CCCCC1)C(C)c1nc2ccccc2c(=O)n1-c1cc(OC)cc(OC)c1Br. The molecule has 1 saturated carbocycles. The fraction of sp³-hybridized carbons (Fsp3) is 0.500. The number of methoxy groups -OCH3 is 2. The lowest BCUT2D eigenvalue weighted by Crippen LogP contribution is -2.41. The Morgan fingerprint density at radius 3 is 2.55 bits per heavy atom. The molecule has 8 heteroatoms. The second kappa shape index (κ2) is 12.8. The Kier molecular flexibility index (Phi) is 9.47. The number of carbonyl (C=O) groups is 1. The zero-order valence-corrected chi connectivity index (χ0v) is 24.4. The molecule has 1 heterocycles. The van der Waals surface area contributed by atoms with Crippen LogP contribution in [0.3, 0.4) is 0 Å². The summed E-state index contributed by atoms with van der Waals surface area (Å²) < 4.78 is 13.3. The third kappa shape index (κ3) is 5.75. The molecule has 4 rings (SSSR count). The van der Waals surface area contributed by atoms with Gasteiger partial charge in [-0.1, -0.05) is 51.2 Å². The Labute approximate surface area is 233 Å². The fourth-order valence-corrected chi connectivity index (χ4v) is 5.97. The molecule has 3 aromatic rings. The van der Waals surface area contributed by atoms with E-state index in [4.69, 9.17) is 14.5 Å². The lowest BCUT2D eigenvalue weighted by atomic mass is 9.88. The van der Waals surface area contributed by atoms with E-state index in [2.05, 4.69) is 22.9 Å². The van der Waals surface area contributed by atoms with Gasteiger partial charge in [-0.3, -0.25) is 14.2 Å². The van der Waals surface area contributed by atoms with Crippen LogP contribution >= 0.6 is 15.9 Å². The first-order chi connectivity index (χ1) is 18.4. The number of para-hydroxylation sites is 1. The van der Waals surface area contributed by atoms with E-state index in [1.165, 1.54) is 6.42 Å². The molecule has 1 fully saturated rings. The normalized spacial score (nSPS) is 14.9. The van der Waals surface area contributed by atoms with E-state index in [1.54, 1.807) is 37.0 Å². The van der Waals surface area contributed by atoms with Crippen molar-refractivity contribution in [3.63, 3.8) is 0 Å². The molecule has 0 radical (unpaired) electrons. The summed E-state index contributed by atoms with van der Waals surface area (Å²) in [6.07, 6.45) is 8.22. The zero-order chi connectivity index (χ0) is 27.2. The van der Waals surface area contributed by atoms with E-state index in [1.807, 2.05) is 30.0 Å². The molecule has 1 unspecified atom stereocenters. The number of fused-ring (bicyclic) bond motifs is 1. The predicted octanol–water partition coefficient (Wildman–Crippen LogP) is 6.83. The molecule has 1 amide bonds. The number of hydrogen-bond donors (Lipinski definition) is 0. The van der Waals surface area contributed by atoms with Gasteiger partial charge in [0.1, 0.15) is 17.3 Å². The molecule has 0 aliphatic heterocycles. The van der Waals surface area contributed by atoms with Gasteiger partial charge in [-0.2, -0.15) is 0 Å². The van der Waals surface area contributed by atoms with Crippen molar-refractivity contribution in [3.8, 4) is 17.2 Å². The molecule has 204 valence electrons. The van der Waals surface area contributed by atoms with Crippen LogP contribution < -0.4 is 15.0 Å². The first-order valence-electron chi connectivity index (χ1n) is 13.6. The lowest BCUT2D eigenvalue weighted by molar-refractivity contribution is -0.139. The third-order valence-electron chi connectivity index (χ3n) is 7.57. The highest BCUT2D eigenvalue weighted by molar-refractivity contribution is 9.10. The molecule has 0 bridgehead atoms. The zero-order valence-electron chi connectivity index (χ0n) is 22.8. The highest BCUT2D eigenvalue weighted by Gasteiger charge is 2.32. The second-order valence-electron chi connectivity index (χ2n) is 10.0. The van der Waals surface area contributed by atoms with Gasteiger partial charge in [0.05, 0.1) is 41.3 Å². The molecule has 0 saturated heterocycles. The van der Waals surface area contributed by atoms with Gasteiger partial charge in [0, 0.05) is 24.6 Å². The van der Waals surface area contributed by atoms with Crippen molar-refractivity contribution in [2.45, 2.75) is 71.3 Å². The Bertz CT molecular complexity index is 1330. The van der Waals surface area contributed by atoms with Crippen LogP contribution in [0.25, 0.3) is 16.6 Å². The van der Waals surface area contributed by atoms with Gasteiger partial charge in [-0.15, -0.1) is 0 Å². The Hall–Kier alpha value is -2.87. The topological polar surface area (TPSA) is 73.7 Å². The van der Waals surface area contributed by atoms with Gasteiger partial charge in [0.25, 0.3) is 5.56 Å². The van der Waals surface area contributed by atoms with Crippen molar-refractivity contribution in [2.75, 3.05) is 20.8 Å². The van der Waals surface area contributed by atoms with Crippen molar-refractivity contribution in [1.29, 1.82) is 0 Å². The maximum Gasteiger partial charge on any atom is 0.266 e. The van der Waals surface area contributed by atoms with Gasteiger partial charge in [-0.25, -0.2) is 4.98 Å². The summed E-state index contributed by atoms with van der Waals surface area (Å²) in [6.45, 7) is 4.79. The molecule has 0 N–H and O–H groups in total. The Morgan fingerprint density at radius 2 is 1.87 bits per heavy atom. The predicted molar refractivity (Wildman–Crippen MR) is 154 cm³/mol. The van der Waals surface area contributed by atoms with Crippen molar-refractivity contribution in [2.24, 2.45) is 5.92 Å². The average Bonchev–Trinajstić information content (AvgIpc) is 2.95. The number of rotatable bonds is 10. The standard InChI is InChI=1S/C30H38BrN3O4/c1-5-6-12-17-33(29(35)21-13-8-7-9-14-21)20(2)28-32-24-16-11-10-15-23(24)30(36)34(28)25-18-22(37-3)19-26(38-4)27(25)31/h10-11,15-16,18-21H,5-9,12-14,17H2,1-4H3. The number of aromatic nitrogens is 2. The summed E-state index contributed by atoms with van der Waals surface area (Å²) in [6, 6.07) is 10.5. The molecule has 38 heavy (non-hydrogen) atoms. The minimum atomic E-state index is -0.414. The molecular formula is C30H38BrN3O4. The fourth-order valence-electron chi connectivity index (χ4n) is 5.40. The van der Waals surface area contributed by atoms with E-state index >= 15 is 0 Å². The minimum absolute atomic E-state index is 0.0251. The molecule has 1 aliphatic carbocycles. The van der Waals surface area contributed by atoms with Crippen LogP contribution in [0, 0.1) is 5.92 Å². The van der Waals surface area contributed by atoms with Gasteiger partial charge in [0.2, 0.25) is 5.91 Å². The highest BCUT2D eigenvalue weighted by atomic mass is 79.9. The summed E-state index contributed by atoms with van der Waals surface area (Å²) >= 11 is 3.65. The molecule has 7 nitrogen and oxygen atoms in total. The number of ether oxygens (including phenoxy) is 2. The van der Waals surface area contributed by atoms with Crippen molar-refractivity contribution >= 4 is 32.7 Å². The van der Waals surface area contributed by atoms with Crippen LogP contribution in [-0.2, 0) is 4.79 Å². The van der Waals surface area contributed by atoms with Crippen LogP contribution in [0.4, 0.5) is 0 Å². The molecule has 1 atom stereocenters. The van der Waals surface area contributed by atoms with E-state index in [0.29, 0.717) is 44.9 Å². The van der Waals surface area contributed by atoms with Crippen LogP contribution in [-0.4, -0.2) is 41.1 Å².